The zero-order valence-electron chi connectivity index (χ0n) is 22.2. The van der Waals surface area contributed by atoms with Crippen molar-refractivity contribution in [2.75, 3.05) is 10.2 Å². The van der Waals surface area contributed by atoms with Crippen LogP contribution in [0, 0.1) is 12.8 Å². The maximum Gasteiger partial charge on any atom is 0.416 e. The summed E-state index contributed by atoms with van der Waals surface area (Å²) < 4.78 is 41.7. The van der Waals surface area contributed by atoms with Crippen LogP contribution in [-0.2, 0) is 27.1 Å². The summed E-state index contributed by atoms with van der Waals surface area (Å²) in [6.07, 6.45) is -4.67. The highest BCUT2D eigenvalue weighted by Gasteiger charge is 2.57. The van der Waals surface area contributed by atoms with Crippen LogP contribution in [0.15, 0.2) is 82.6 Å². The number of aryl methyl sites for hydroxylation is 1. The summed E-state index contributed by atoms with van der Waals surface area (Å²) in [4.78, 5) is 54.9. The number of imide groups is 1. The molecule has 13 heteroatoms. The lowest BCUT2D eigenvalue weighted by Crippen LogP contribution is -2.33. The highest BCUT2D eigenvalue weighted by molar-refractivity contribution is 8.00. The van der Waals surface area contributed by atoms with Crippen LogP contribution in [0.4, 0.5) is 24.5 Å². The van der Waals surface area contributed by atoms with Crippen molar-refractivity contribution in [2.24, 2.45) is 5.92 Å². The number of hydrogen-bond acceptors (Lipinski definition) is 6. The van der Waals surface area contributed by atoms with Crippen molar-refractivity contribution >= 4 is 63.8 Å². The molecule has 1 saturated heterocycles. The van der Waals surface area contributed by atoms with Crippen molar-refractivity contribution in [1.82, 2.24) is 4.57 Å². The molecule has 1 aromatic heterocycles. The third-order valence-corrected chi connectivity index (χ3v) is 10.3. The number of thioether (sulfide) groups is 1. The monoisotopic (exact) mass is 643 g/mol. The van der Waals surface area contributed by atoms with E-state index in [1.807, 2.05) is 19.1 Å². The number of carbonyl (C=O) groups excluding carboxylic acids is 3. The van der Waals surface area contributed by atoms with Crippen LogP contribution >= 0.6 is 34.7 Å². The Morgan fingerprint density at radius 2 is 1.70 bits per heavy atom. The topological polar surface area (TPSA) is 88.5 Å². The summed E-state index contributed by atoms with van der Waals surface area (Å²) in [5.41, 5.74) is 0.846. The van der Waals surface area contributed by atoms with Crippen molar-refractivity contribution < 1.29 is 27.6 Å². The number of alkyl halides is 3. The van der Waals surface area contributed by atoms with E-state index in [1.54, 1.807) is 36.4 Å². The molecule has 2 aliphatic heterocycles. The lowest BCUT2D eigenvalue weighted by molar-refractivity contribution is -0.137. The van der Waals surface area contributed by atoms with Gasteiger partial charge >= 0.3 is 11.0 Å². The van der Waals surface area contributed by atoms with E-state index in [0.29, 0.717) is 26.2 Å². The van der Waals surface area contributed by atoms with Gasteiger partial charge in [-0.15, -0.1) is 0 Å². The zero-order valence-corrected chi connectivity index (χ0v) is 24.6. The molecule has 0 bridgehead atoms. The van der Waals surface area contributed by atoms with Gasteiger partial charge in [-0.1, -0.05) is 71.1 Å². The van der Waals surface area contributed by atoms with E-state index >= 15 is 0 Å². The molecule has 2 unspecified atom stereocenters. The largest absolute Gasteiger partial charge is 0.416 e. The number of nitrogens with one attached hydrogen (secondary N) is 1. The summed E-state index contributed by atoms with van der Waals surface area (Å²) in [6.45, 7) is 1.50. The molecule has 6 rings (SSSR count). The number of anilines is 2. The fraction of sp³-hybridized carbons (Fsp3) is 0.200. The van der Waals surface area contributed by atoms with Crippen LogP contribution < -0.4 is 15.1 Å². The van der Waals surface area contributed by atoms with Gasteiger partial charge in [0, 0.05) is 21.5 Å². The van der Waals surface area contributed by atoms with Gasteiger partial charge in [0.25, 0.3) is 0 Å². The first-order valence-corrected chi connectivity index (χ1v) is 15.1. The number of thiazole rings is 1. The van der Waals surface area contributed by atoms with Gasteiger partial charge in [-0.25, -0.2) is 4.90 Å². The van der Waals surface area contributed by atoms with E-state index in [4.69, 9.17) is 11.6 Å². The van der Waals surface area contributed by atoms with Gasteiger partial charge < -0.3 is 5.32 Å². The number of amides is 3. The Morgan fingerprint density at radius 3 is 2.40 bits per heavy atom. The molecule has 2 aliphatic rings. The van der Waals surface area contributed by atoms with Crippen LogP contribution in [0.3, 0.4) is 0 Å². The molecular weight excluding hydrogens is 623 g/mol. The third-order valence-electron chi connectivity index (χ3n) is 7.43. The number of hydrogen-bond donors (Lipinski definition) is 1. The number of halogens is 4. The molecule has 220 valence electrons. The first-order chi connectivity index (χ1) is 20.4. The number of aromatic nitrogens is 1. The predicted molar refractivity (Wildman–Crippen MR) is 159 cm³/mol. The normalized spacial score (nSPS) is 19.7. The van der Waals surface area contributed by atoms with E-state index in [-0.39, 0.29) is 12.2 Å². The van der Waals surface area contributed by atoms with E-state index in [2.05, 4.69) is 5.32 Å². The summed E-state index contributed by atoms with van der Waals surface area (Å²) in [7, 11) is 0. The number of nitrogens with zero attached hydrogens (tertiary/aromatic N) is 2. The molecule has 7 nitrogen and oxygen atoms in total. The number of rotatable bonds is 5. The van der Waals surface area contributed by atoms with Crippen molar-refractivity contribution in [3.63, 3.8) is 0 Å². The van der Waals surface area contributed by atoms with E-state index in [9.17, 15) is 32.3 Å². The van der Waals surface area contributed by atoms with E-state index in [1.165, 1.54) is 10.6 Å². The number of para-hydroxylation sites is 1. The first kappa shape index (κ1) is 29.2. The number of benzene rings is 3. The SMILES string of the molecule is Cc1ccccc1NC(=O)Cn1c2c(sc1=O)[C@H](c1ccc(Cl)cc1)C1C(=O)N(c3cccc(C(F)(F)F)c3)C(=O)C1S2. The lowest BCUT2D eigenvalue weighted by Gasteiger charge is -2.30. The third kappa shape index (κ3) is 5.28. The average molecular weight is 644 g/mol. The second-order valence-corrected chi connectivity index (χ2v) is 12.7. The summed E-state index contributed by atoms with van der Waals surface area (Å²) in [5, 5.41) is 2.55. The van der Waals surface area contributed by atoms with Crippen LogP contribution in [0.5, 0.6) is 0 Å². The van der Waals surface area contributed by atoms with Gasteiger partial charge in [0.15, 0.2) is 0 Å². The fourth-order valence-electron chi connectivity index (χ4n) is 5.41. The minimum absolute atomic E-state index is 0.187. The first-order valence-electron chi connectivity index (χ1n) is 13.0. The second kappa shape index (κ2) is 11.0. The van der Waals surface area contributed by atoms with Gasteiger partial charge in [-0.2, -0.15) is 13.2 Å². The molecular formula is C30H21ClF3N3O4S2. The fourth-order valence-corrected chi connectivity index (χ4v) is 8.31. The van der Waals surface area contributed by atoms with Crippen LogP contribution in [0.25, 0.3) is 0 Å². The molecule has 3 amide bonds. The maximum absolute atomic E-state index is 13.9. The average Bonchev–Trinajstić information content (AvgIpc) is 3.40. The molecule has 3 aromatic carbocycles. The molecule has 43 heavy (non-hydrogen) atoms. The number of carbonyl (C=O) groups is 3. The van der Waals surface area contributed by atoms with Gasteiger partial charge in [-0.3, -0.25) is 23.7 Å². The molecule has 0 radical (unpaired) electrons. The molecule has 3 atom stereocenters. The lowest BCUT2D eigenvalue weighted by atomic mass is 9.83. The highest BCUT2D eigenvalue weighted by Crippen LogP contribution is 2.54. The van der Waals surface area contributed by atoms with Crippen molar-refractivity contribution in [2.45, 2.75) is 35.8 Å². The Labute approximate surface area is 256 Å². The molecule has 4 aromatic rings. The van der Waals surface area contributed by atoms with Gasteiger partial charge in [0.2, 0.25) is 17.7 Å². The van der Waals surface area contributed by atoms with Gasteiger partial charge in [-0.05, 0) is 54.4 Å². The Kier molecular flexibility index (Phi) is 7.47. The summed E-state index contributed by atoms with van der Waals surface area (Å²) in [5.74, 6) is -3.60. The molecule has 0 spiro atoms. The Hall–Kier alpha value is -3.87. The number of fused-ring (bicyclic) bond motifs is 2. The van der Waals surface area contributed by atoms with Crippen LogP contribution in [-0.4, -0.2) is 27.5 Å². The second-order valence-electron chi connectivity index (χ2n) is 10.1. The van der Waals surface area contributed by atoms with Gasteiger partial charge in [0.05, 0.1) is 22.2 Å². The predicted octanol–water partition coefficient (Wildman–Crippen LogP) is 6.32. The van der Waals surface area contributed by atoms with Crippen molar-refractivity contribution in [3.8, 4) is 0 Å². The Balaban J connectivity index is 1.41. The quantitative estimate of drug-likeness (QED) is 0.257. The van der Waals surface area contributed by atoms with Crippen molar-refractivity contribution in [1.29, 1.82) is 0 Å². The minimum Gasteiger partial charge on any atom is -0.324 e. The highest BCUT2D eigenvalue weighted by atomic mass is 35.5. The molecule has 0 saturated carbocycles. The summed E-state index contributed by atoms with van der Waals surface area (Å²) >= 11 is 7.97. The van der Waals surface area contributed by atoms with E-state index < -0.39 is 51.4 Å². The van der Waals surface area contributed by atoms with Crippen molar-refractivity contribution in [3.05, 3.63) is 109 Å². The summed E-state index contributed by atoms with van der Waals surface area (Å²) in [6, 6.07) is 17.9. The molecule has 3 heterocycles. The van der Waals surface area contributed by atoms with E-state index in [0.717, 1.165) is 51.8 Å². The Bertz CT molecular complexity index is 1840. The smallest absolute Gasteiger partial charge is 0.324 e. The maximum atomic E-state index is 13.9. The van der Waals surface area contributed by atoms with Gasteiger partial charge in [0.1, 0.15) is 11.8 Å². The Morgan fingerprint density at radius 1 is 0.977 bits per heavy atom. The minimum atomic E-state index is -4.67. The molecule has 1 fully saturated rings. The zero-order chi connectivity index (χ0) is 30.6. The molecule has 0 aliphatic carbocycles. The standard InChI is InChI=1S/C30H21ClF3N3O4S2/c1-15-5-2-3-8-20(15)35-21(38)14-36-28-25(43-29(36)41)22(16-9-11-18(31)12-10-16)23-24(42-28)27(40)37(26(23)39)19-7-4-6-17(13-19)30(32,33)34/h2-13,22-24H,14H2,1H3,(H,35,38)/t22-,23?,24?/m1/s1. The van der Waals surface area contributed by atoms with Crippen LogP contribution in [0.2, 0.25) is 5.02 Å². The molecule has 1 N–H and O–H groups in total. The van der Waals surface area contributed by atoms with Crippen LogP contribution in [0.1, 0.15) is 27.5 Å².